The number of nitrogens with zero attached hydrogens (tertiary/aromatic N) is 6. The van der Waals surface area contributed by atoms with E-state index in [1.165, 1.54) is 16.4 Å². The average Bonchev–Trinajstić information content (AvgIpc) is 3.49. The molecule has 1 aliphatic heterocycles. The van der Waals surface area contributed by atoms with Crippen LogP contribution in [0.15, 0.2) is 58.5 Å². The fraction of sp³-hybridized carbons (Fsp3) is 0.318. The number of hydrogen-bond donors (Lipinski definition) is 0. The van der Waals surface area contributed by atoms with E-state index < -0.39 is 0 Å². The van der Waals surface area contributed by atoms with E-state index in [9.17, 15) is 4.79 Å². The normalized spacial score (nSPS) is 16.0. The van der Waals surface area contributed by atoms with Gasteiger partial charge in [0.2, 0.25) is 0 Å². The quantitative estimate of drug-likeness (QED) is 0.397. The van der Waals surface area contributed by atoms with Gasteiger partial charge in [-0.2, -0.15) is 4.68 Å². The van der Waals surface area contributed by atoms with Crippen LogP contribution in [0.25, 0.3) is 22.3 Å². The number of ether oxygens (including phenoxy) is 2. The standard InChI is InChI=1S/C22H22N6O3S/c1-30-16-10-8-15(9-11-16)20-24-25-22(27(20)13-17-5-4-12-31-17)32-14-28-21(29)18-6-2-3-7-19(18)23-26-28/h2-3,6-11,17H,4-5,12-14H2,1H3. The molecular formula is C22H22N6O3S. The van der Waals surface area contributed by atoms with Gasteiger partial charge in [0.25, 0.3) is 5.56 Å². The largest absolute Gasteiger partial charge is 0.497 e. The van der Waals surface area contributed by atoms with Crippen LogP contribution >= 0.6 is 11.8 Å². The molecule has 1 fully saturated rings. The van der Waals surface area contributed by atoms with Gasteiger partial charge in [-0.1, -0.05) is 29.1 Å². The molecule has 0 spiro atoms. The number of thioether (sulfide) groups is 1. The highest BCUT2D eigenvalue weighted by Crippen LogP contribution is 2.28. The van der Waals surface area contributed by atoms with Crippen molar-refractivity contribution in [2.45, 2.75) is 36.5 Å². The third-order valence-electron chi connectivity index (χ3n) is 5.42. The van der Waals surface area contributed by atoms with Crippen molar-refractivity contribution >= 4 is 22.7 Å². The predicted octanol–water partition coefficient (Wildman–Crippen LogP) is 2.99. The fourth-order valence-corrected chi connectivity index (χ4v) is 4.55. The molecule has 0 amide bonds. The maximum atomic E-state index is 12.8. The van der Waals surface area contributed by atoms with Crippen LogP contribution in [0.1, 0.15) is 12.8 Å². The van der Waals surface area contributed by atoms with Crippen molar-refractivity contribution in [2.75, 3.05) is 13.7 Å². The lowest BCUT2D eigenvalue weighted by molar-refractivity contribution is 0.0953. The predicted molar refractivity (Wildman–Crippen MR) is 121 cm³/mol. The van der Waals surface area contributed by atoms with Crippen LogP contribution < -0.4 is 10.3 Å². The lowest BCUT2D eigenvalue weighted by Gasteiger charge is -2.15. The molecule has 2 aromatic carbocycles. The number of rotatable bonds is 7. The van der Waals surface area contributed by atoms with Crippen LogP contribution in [0.4, 0.5) is 0 Å². The van der Waals surface area contributed by atoms with Crippen LogP contribution in [0.2, 0.25) is 0 Å². The number of hydrogen-bond acceptors (Lipinski definition) is 8. The molecule has 0 N–H and O–H groups in total. The second kappa shape index (κ2) is 9.09. The van der Waals surface area contributed by atoms with E-state index in [2.05, 4.69) is 25.1 Å². The molecule has 0 saturated carbocycles. The maximum absolute atomic E-state index is 12.8. The van der Waals surface area contributed by atoms with Crippen molar-refractivity contribution in [1.82, 2.24) is 29.8 Å². The van der Waals surface area contributed by atoms with Crippen molar-refractivity contribution in [3.63, 3.8) is 0 Å². The molecule has 32 heavy (non-hydrogen) atoms. The minimum Gasteiger partial charge on any atom is -0.497 e. The molecule has 1 atom stereocenters. The second-order valence-corrected chi connectivity index (χ2v) is 8.38. The van der Waals surface area contributed by atoms with Crippen LogP contribution in [0.5, 0.6) is 5.75 Å². The monoisotopic (exact) mass is 450 g/mol. The Morgan fingerprint density at radius 2 is 1.97 bits per heavy atom. The summed E-state index contributed by atoms with van der Waals surface area (Å²) in [6.45, 7) is 1.42. The Hall–Kier alpha value is -3.24. The first-order valence-corrected chi connectivity index (χ1v) is 11.4. The number of methoxy groups -OCH3 is 1. The third kappa shape index (κ3) is 4.11. The third-order valence-corrected chi connectivity index (χ3v) is 6.35. The molecular weight excluding hydrogens is 428 g/mol. The zero-order chi connectivity index (χ0) is 21.9. The number of benzene rings is 2. The Morgan fingerprint density at radius 3 is 2.75 bits per heavy atom. The average molecular weight is 451 g/mol. The minimum absolute atomic E-state index is 0.116. The molecule has 1 aliphatic rings. The number of aromatic nitrogens is 6. The van der Waals surface area contributed by atoms with Gasteiger partial charge < -0.3 is 9.47 Å². The van der Waals surface area contributed by atoms with E-state index in [-0.39, 0.29) is 17.5 Å². The van der Waals surface area contributed by atoms with Gasteiger partial charge in [-0.25, -0.2) is 0 Å². The van der Waals surface area contributed by atoms with Crippen LogP contribution in [-0.4, -0.2) is 49.6 Å². The van der Waals surface area contributed by atoms with Crippen molar-refractivity contribution in [2.24, 2.45) is 0 Å². The maximum Gasteiger partial charge on any atom is 0.278 e. The lowest BCUT2D eigenvalue weighted by atomic mass is 10.2. The molecule has 0 radical (unpaired) electrons. The first-order chi connectivity index (χ1) is 15.7. The first kappa shape index (κ1) is 20.7. The molecule has 0 aliphatic carbocycles. The molecule has 0 bridgehead atoms. The zero-order valence-corrected chi connectivity index (χ0v) is 18.4. The SMILES string of the molecule is COc1ccc(-c2nnc(SCn3nnc4ccccc4c3=O)n2CC2CCCO2)cc1. The molecule has 4 aromatic rings. The van der Waals surface area contributed by atoms with E-state index in [1.807, 2.05) is 36.4 Å². The molecule has 5 rings (SSSR count). The second-order valence-electron chi connectivity index (χ2n) is 7.47. The van der Waals surface area contributed by atoms with Gasteiger partial charge in [-0.05, 0) is 49.2 Å². The van der Waals surface area contributed by atoms with E-state index in [0.717, 1.165) is 36.6 Å². The summed E-state index contributed by atoms with van der Waals surface area (Å²) in [4.78, 5) is 12.8. The van der Waals surface area contributed by atoms with E-state index >= 15 is 0 Å². The Labute approximate surface area is 188 Å². The Bertz CT molecular complexity index is 1280. The molecule has 10 heteroatoms. The van der Waals surface area contributed by atoms with Crippen molar-refractivity contribution in [1.29, 1.82) is 0 Å². The van der Waals surface area contributed by atoms with Gasteiger partial charge >= 0.3 is 0 Å². The van der Waals surface area contributed by atoms with Gasteiger partial charge in [-0.15, -0.1) is 15.3 Å². The molecule has 3 heterocycles. The van der Waals surface area contributed by atoms with Crippen LogP contribution in [0.3, 0.4) is 0 Å². The molecule has 164 valence electrons. The van der Waals surface area contributed by atoms with Crippen molar-refractivity contribution in [3.8, 4) is 17.1 Å². The Balaban J connectivity index is 1.44. The van der Waals surface area contributed by atoms with E-state index in [0.29, 0.717) is 22.6 Å². The summed E-state index contributed by atoms with van der Waals surface area (Å²) in [7, 11) is 1.64. The summed E-state index contributed by atoms with van der Waals surface area (Å²) in [5.41, 5.74) is 1.34. The molecule has 2 aromatic heterocycles. The zero-order valence-electron chi connectivity index (χ0n) is 17.5. The van der Waals surface area contributed by atoms with Gasteiger partial charge in [0.05, 0.1) is 31.0 Å². The first-order valence-electron chi connectivity index (χ1n) is 10.4. The summed E-state index contributed by atoms with van der Waals surface area (Å²) in [6, 6.07) is 14.9. The summed E-state index contributed by atoms with van der Waals surface area (Å²) in [5, 5.41) is 18.3. The van der Waals surface area contributed by atoms with Gasteiger partial charge in [0.1, 0.15) is 11.3 Å². The summed E-state index contributed by atoms with van der Waals surface area (Å²) in [6.07, 6.45) is 2.17. The summed E-state index contributed by atoms with van der Waals surface area (Å²) >= 11 is 1.40. The van der Waals surface area contributed by atoms with Crippen molar-refractivity contribution < 1.29 is 9.47 Å². The fourth-order valence-electron chi connectivity index (χ4n) is 3.73. The minimum atomic E-state index is -0.177. The van der Waals surface area contributed by atoms with E-state index in [1.54, 1.807) is 19.2 Å². The number of fused-ring (bicyclic) bond motifs is 1. The Morgan fingerprint density at radius 1 is 1.12 bits per heavy atom. The van der Waals surface area contributed by atoms with Crippen molar-refractivity contribution in [3.05, 3.63) is 58.9 Å². The summed E-state index contributed by atoms with van der Waals surface area (Å²) in [5.74, 6) is 1.81. The highest BCUT2D eigenvalue weighted by molar-refractivity contribution is 7.98. The van der Waals surface area contributed by atoms with Gasteiger partial charge in [0, 0.05) is 12.2 Å². The highest BCUT2D eigenvalue weighted by Gasteiger charge is 2.22. The lowest BCUT2D eigenvalue weighted by Crippen LogP contribution is -2.23. The topological polar surface area (TPSA) is 97.0 Å². The van der Waals surface area contributed by atoms with Gasteiger partial charge in [-0.3, -0.25) is 9.36 Å². The van der Waals surface area contributed by atoms with Gasteiger partial charge in [0.15, 0.2) is 11.0 Å². The highest BCUT2D eigenvalue weighted by atomic mass is 32.2. The summed E-state index contributed by atoms with van der Waals surface area (Å²) < 4.78 is 14.5. The Kier molecular flexibility index (Phi) is 5.87. The van der Waals surface area contributed by atoms with Crippen LogP contribution in [-0.2, 0) is 17.2 Å². The molecule has 9 nitrogen and oxygen atoms in total. The van der Waals surface area contributed by atoms with Crippen LogP contribution in [0, 0.1) is 0 Å². The smallest absolute Gasteiger partial charge is 0.278 e. The van der Waals surface area contributed by atoms with E-state index in [4.69, 9.17) is 9.47 Å². The molecule has 1 saturated heterocycles. The molecule has 1 unspecified atom stereocenters.